The maximum Gasteiger partial charge on any atom is 0.161 e. The number of hydrogen-bond acceptors (Lipinski definition) is 4. The average molecular weight is 227 g/mol. The molecule has 0 saturated carbocycles. The van der Waals surface area contributed by atoms with Crippen LogP contribution in [0.2, 0.25) is 0 Å². The fourth-order valence-corrected chi connectivity index (χ4v) is 1.72. The zero-order chi connectivity index (χ0) is 11.4. The number of nitrogens with one attached hydrogen (secondary N) is 1. The predicted octanol–water partition coefficient (Wildman–Crippen LogP) is 2.16. The molecule has 0 aliphatic carbocycles. The summed E-state index contributed by atoms with van der Waals surface area (Å²) in [6.07, 6.45) is 0. The van der Waals surface area contributed by atoms with Gasteiger partial charge in [-0.2, -0.15) is 12.6 Å². The normalized spacial score (nSPS) is 12.3. The number of rotatable bonds is 4. The maximum absolute atomic E-state index is 5.24. The summed E-state index contributed by atoms with van der Waals surface area (Å²) in [6.45, 7) is 2.03. The molecule has 1 rings (SSSR count). The molecule has 84 valence electrons. The monoisotopic (exact) mass is 227 g/mol. The fourth-order valence-electron chi connectivity index (χ4n) is 1.45. The lowest BCUT2D eigenvalue weighted by molar-refractivity contribution is 0.354. The SMILES string of the molecule is CNC(S)c1cc(OC)c(OC)cc1C. The highest BCUT2D eigenvalue weighted by Gasteiger charge is 2.12. The van der Waals surface area contributed by atoms with Crippen LogP contribution in [0.1, 0.15) is 16.5 Å². The minimum absolute atomic E-state index is 0.00445. The molecule has 0 radical (unpaired) electrons. The number of methoxy groups -OCH3 is 2. The van der Waals surface area contributed by atoms with Crippen LogP contribution in [0.25, 0.3) is 0 Å². The summed E-state index contributed by atoms with van der Waals surface area (Å²) in [5, 5.41) is 3.08. The Hall–Kier alpha value is -0.870. The van der Waals surface area contributed by atoms with Crippen LogP contribution in [-0.2, 0) is 0 Å². The van der Waals surface area contributed by atoms with Crippen molar-refractivity contribution in [3.8, 4) is 11.5 Å². The van der Waals surface area contributed by atoms with Crippen LogP contribution in [0.5, 0.6) is 11.5 Å². The average Bonchev–Trinajstić information content (AvgIpc) is 2.27. The highest BCUT2D eigenvalue weighted by Crippen LogP contribution is 2.33. The number of benzene rings is 1. The molecule has 0 aliphatic heterocycles. The Morgan fingerprint density at radius 3 is 2.20 bits per heavy atom. The largest absolute Gasteiger partial charge is 0.493 e. The van der Waals surface area contributed by atoms with Gasteiger partial charge in [0.05, 0.1) is 19.6 Å². The molecule has 0 aromatic heterocycles. The predicted molar refractivity (Wildman–Crippen MR) is 65.1 cm³/mol. The van der Waals surface area contributed by atoms with E-state index in [4.69, 9.17) is 9.47 Å². The molecular weight excluding hydrogens is 210 g/mol. The highest BCUT2D eigenvalue weighted by atomic mass is 32.1. The van der Waals surface area contributed by atoms with Crippen molar-refractivity contribution >= 4 is 12.6 Å². The molecule has 3 nitrogen and oxygen atoms in total. The topological polar surface area (TPSA) is 30.5 Å². The van der Waals surface area contributed by atoms with Crippen molar-refractivity contribution < 1.29 is 9.47 Å². The lowest BCUT2D eigenvalue weighted by atomic mass is 10.1. The molecule has 1 atom stereocenters. The minimum atomic E-state index is 0.00445. The van der Waals surface area contributed by atoms with Crippen molar-refractivity contribution in [2.24, 2.45) is 0 Å². The molecule has 1 aromatic rings. The van der Waals surface area contributed by atoms with E-state index in [1.54, 1.807) is 14.2 Å². The van der Waals surface area contributed by atoms with Gasteiger partial charge in [-0.25, -0.2) is 0 Å². The molecule has 0 bridgehead atoms. The van der Waals surface area contributed by atoms with E-state index in [-0.39, 0.29) is 5.37 Å². The zero-order valence-corrected chi connectivity index (χ0v) is 10.4. The first kappa shape index (κ1) is 12.2. The van der Waals surface area contributed by atoms with E-state index < -0.39 is 0 Å². The second kappa shape index (κ2) is 5.28. The van der Waals surface area contributed by atoms with Gasteiger partial charge in [0.1, 0.15) is 0 Å². The van der Waals surface area contributed by atoms with Gasteiger partial charge >= 0.3 is 0 Å². The minimum Gasteiger partial charge on any atom is -0.493 e. The Balaban J connectivity index is 3.19. The number of thiol groups is 1. The summed E-state index contributed by atoms with van der Waals surface area (Å²) in [5.41, 5.74) is 2.22. The van der Waals surface area contributed by atoms with Gasteiger partial charge in [-0.1, -0.05) is 0 Å². The molecule has 0 spiro atoms. The number of ether oxygens (including phenoxy) is 2. The van der Waals surface area contributed by atoms with Gasteiger partial charge in [-0.15, -0.1) is 0 Å². The lowest BCUT2D eigenvalue weighted by Gasteiger charge is -2.16. The first-order valence-corrected chi connectivity index (χ1v) is 5.23. The van der Waals surface area contributed by atoms with Gasteiger partial charge in [0.25, 0.3) is 0 Å². The van der Waals surface area contributed by atoms with Crippen LogP contribution >= 0.6 is 12.6 Å². The van der Waals surface area contributed by atoms with E-state index in [1.807, 2.05) is 26.1 Å². The molecule has 0 fully saturated rings. The Bertz CT molecular complexity index is 342. The van der Waals surface area contributed by atoms with E-state index in [0.29, 0.717) is 0 Å². The molecule has 0 heterocycles. The van der Waals surface area contributed by atoms with E-state index in [1.165, 1.54) is 0 Å². The Morgan fingerprint density at radius 1 is 1.20 bits per heavy atom. The van der Waals surface area contributed by atoms with Crippen molar-refractivity contribution in [2.45, 2.75) is 12.3 Å². The van der Waals surface area contributed by atoms with Crippen LogP contribution in [0, 0.1) is 6.92 Å². The summed E-state index contributed by atoms with van der Waals surface area (Å²) in [5.74, 6) is 1.47. The van der Waals surface area contributed by atoms with Gasteiger partial charge in [0.15, 0.2) is 11.5 Å². The Labute approximate surface area is 96.2 Å². The quantitative estimate of drug-likeness (QED) is 0.610. The highest BCUT2D eigenvalue weighted by molar-refractivity contribution is 7.80. The molecule has 0 saturated heterocycles. The van der Waals surface area contributed by atoms with Gasteiger partial charge in [0, 0.05) is 0 Å². The van der Waals surface area contributed by atoms with Crippen molar-refractivity contribution in [1.29, 1.82) is 0 Å². The second-order valence-electron chi connectivity index (χ2n) is 3.25. The third-order valence-electron chi connectivity index (χ3n) is 2.34. The third-order valence-corrected chi connectivity index (χ3v) is 2.88. The van der Waals surface area contributed by atoms with Gasteiger partial charge in [0.2, 0.25) is 0 Å². The van der Waals surface area contributed by atoms with Crippen molar-refractivity contribution in [1.82, 2.24) is 5.32 Å². The fraction of sp³-hybridized carbons (Fsp3) is 0.455. The summed E-state index contributed by atoms with van der Waals surface area (Å²) in [7, 11) is 5.13. The van der Waals surface area contributed by atoms with Gasteiger partial charge in [-0.05, 0) is 37.2 Å². The van der Waals surface area contributed by atoms with E-state index >= 15 is 0 Å². The molecular formula is C11H17NO2S. The standard InChI is InChI=1S/C11H17NO2S/c1-7-5-9(13-3)10(14-4)6-8(7)11(15)12-2/h5-6,11-12,15H,1-4H3. The van der Waals surface area contributed by atoms with Crippen LogP contribution < -0.4 is 14.8 Å². The molecule has 15 heavy (non-hydrogen) atoms. The van der Waals surface area contributed by atoms with Crippen molar-refractivity contribution in [3.05, 3.63) is 23.3 Å². The van der Waals surface area contributed by atoms with E-state index in [9.17, 15) is 0 Å². The summed E-state index contributed by atoms with van der Waals surface area (Å²) < 4.78 is 10.5. The van der Waals surface area contributed by atoms with Gasteiger partial charge in [-0.3, -0.25) is 0 Å². The first-order valence-electron chi connectivity index (χ1n) is 4.71. The third kappa shape index (κ3) is 2.58. The van der Waals surface area contributed by atoms with E-state index in [0.717, 1.165) is 22.6 Å². The molecule has 1 aromatic carbocycles. The van der Waals surface area contributed by atoms with Crippen LogP contribution in [0.4, 0.5) is 0 Å². The molecule has 0 aliphatic rings. The summed E-state index contributed by atoms with van der Waals surface area (Å²) in [4.78, 5) is 0. The number of aryl methyl sites for hydroxylation is 1. The molecule has 1 unspecified atom stereocenters. The number of hydrogen-bond donors (Lipinski definition) is 2. The smallest absolute Gasteiger partial charge is 0.161 e. The molecule has 0 amide bonds. The van der Waals surface area contributed by atoms with E-state index in [2.05, 4.69) is 17.9 Å². The van der Waals surface area contributed by atoms with Crippen molar-refractivity contribution in [3.63, 3.8) is 0 Å². The van der Waals surface area contributed by atoms with Crippen LogP contribution in [0.15, 0.2) is 12.1 Å². The van der Waals surface area contributed by atoms with Crippen molar-refractivity contribution in [2.75, 3.05) is 21.3 Å². The summed E-state index contributed by atoms with van der Waals surface area (Å²) in [6, 6.07) is 3.90. The van der Waals surface area contributed by atoms with Gasteiger partial charge < -0.3 is 14.8 Å². The first-order chi connectivity index (χ1) is 7.13. The second-order valence-corrected chi connectivity index (χ2v) is 3.77. The molecule has 1 N–H and O–H groups in total. The Kier molecular flexibility index (Phi) is 4.29. The van der Waals surface area contributed by atoms with Crippen LogP contribution in [-0.4, -0.2) is 21.3 Å². The summed E-state index contributed by atoms with van der Waals surface area (Å²) >= 11 is 4.43. The zero-order valence-electron chi connectivity index (χ0n) is 9.50. The van der Waals surface area contributed by atoms with Crippen LogP contribution in [0.3, 0.4) is 0 Å². The molecule has 4 heteroatoms. The lowest BCUT2D eigenvalue weighted by Crippen LogP contribution is -2.11. The maximum atomic E-state index is 5.24. The Morgan fingerprint density at radius 2 is 1.73 bits per heavy atom.